The first-order chi connectivity index (χ1) is 7.02. The van der Waals surface area contributed by atoms with E-state index in [1.54, 1.807) is 11.0 Å². The van der Waals surface area contributed by atoms with Gasteiger partial charge in [-0.15, -0.1) is 24.0 Å². The molecule has 0 unspecified atom stereocenters. The van der Waals surface area contributed by atoms with Gasteiger partial charge in [0.15, 0.2) is 11.0 Å². The van der Waals surface area contributed by atoms with Crippen LogP contribution in [0.15, 0.2) is 11.1 Å². The van der Waals surface area contributed by atoms with E-state index in [1.807, 2.05) is 20.4 Å². The molecule has 1 aromatic heterocycles. The first kappa shape index (κ1) is 15.7. The standard InChI is InChI=1S/C8H12ClN5S.HI/c1-14(2)8-11-5(9)4-6(13-8)12-7(10)15-3;/h4H,1-3H3,(H2,10,11,12,13);1H. The van der Waals surface area contributed by atoms with Crippen LogP contribution in [0.3, 0.4) is 0 Å². The van der Waals surface area contributed by atoms with Gasteiger partial charge in [-0.25, -0.2) is 9.98 Å². The van der Waals surface area contributed by atoms with Crippen LogP contribution in [0.2, 0.25) is 5.15 Å². The molecule has 1 aromatic rings. The Hall–Kier alpha value is -0.280. The molecule has 0 radical (unpaired) electrons. The van der Waals surface area contributed by atoms with Crippen molar-refractivity contribution in [2.24, 2.45) is 10.7 Å². The highest BCUT2D eigenvalue weighted by molar-refractivity contribution is 14.0. The Bertz CT molecular complexity index is 385. The van der Waals surface area contributed by atoms with Crippen molar-refractivity contribution < 1.29 is 0 Å². The molecule has 1 rings (SSSR count). The highest BCUT2D eigenvalue weighted by atomic mass is 127. The number of aliphatic imine (C=N–C) groups is 1. The van der Waals surface area contributed by atoms with E-state index in [0.717, 1.165) is 0 Å². The minimum atomic E-state index is 0. The van der Waals surface area contributed by atoms with E-state index in [9.17, 15) is 0 Å². The number of anilines is 1. The summed E-state index contributed by atoms with van der Waals surface area (Å²) in [4.78, 5) is 14.0. The van der Waals surface area contributed by atoms with Gasteiger partial charge >= 0.3 is 0 Å². The third kappa shape index (κ3) is 4.71. The summed E-state index contributed by atoms with van der Waals surface area (Å²) >= 11 is 7.18. The Morgan fingerprint density at radius 1 is 1.50 bits per heavy atom. The second-order valence-corrected chi connectivity index (χ2v) is 4.11. The molecule has 0 saturated carbocycles. The van der Waals surface area contributed by atoms with Crippen LogP contribution in [-0.2, 0) is 0 Å². The van der Waals surface area contributed by atoms with Crippen molar-refractivity contribution >= 4 is 64.3 Å². The van der Waals surface area contributed by atoms with E-state index < -0.39 is 0 Å². The molecule has 90 valence electrons. The number of amidine groups is 1. The number of nitrogens with zero attached hydrogens (tertiary/aromatic N) is 4. The molecule has 0 aromatic carbocycles. The minimum Gasteiger partial charge on any atom is -0.378 e. The van der Waals surface area contributed by atoms with Gasteiger partial charge in [0.05, 0.1) is 0 Å². The summed E-state index contributed by atoms with van der Waals surface area (Å²) in [5.41, 5.74) is 5.58. The molecular weight excluding hydrogens is 361 g/mol. The van der Waals surface area contributed by atoms with Gasteiger partial charge < -0.3 is 10.6 Å². The summed E-state index contributed by atoms with van der Waals surface area (Å²) in [5, 5.41) is 0.788. The zero-order valence-electron chi connectivity index (χ0n) is 9.14. The maximum Gasteiger partial charge on any atom is 0.228 e. The van der Waals surface area contributed by atoms with E-state index in [-0.39, 0.29) is 24.0 Å². The van der Waals surface area contributed by atoms with Crippen molar-refractivity contribution in [3.05, 3.63) is 11.2 Å². The molecule has 0 aliphatic carbocycles. The van der Waals surface area contributed by atoms with Crippen molar-refractivity contribution in [1.82, 2.24) is 9.97 Å². The van der Waals surface area contributed by atoms with Gasteiger partial charge in [0.1, 0.15) is 5.15 Å². The summed E-state index contributed by atoms with van der Waals surface area (Å²) in [7, 11) is 3.66. The lowest BCUT2D eigenvalue weighted by atomic mass is 10.6. The molecule has 5 nitrogen and oxygen atoms in total. The number of aromatic nitrogens is 2. The first-order valence-corrected chi connectivity index (χ1v) is 5.73. The highest BCUT2D eigenvalue weighted by Gasteiger charge is 2.04. The fraction of sp³-hybridized carbons (Fsp3) is 0.375. The third-order valence-corrected chi connectivity index (χ3v) is 2.21. The van der Waals surface area contributed by atoms with Crippen molar-refractivity contribution in [3.8, 4) is 0 Å². The Labute approximate surface area is 121 Å². The zero-order chi connectivity index (χ0) is 11.4. The molecule has 0 aliphatic rings. The van der Waals surface area contributed by atoms with Crippen molar-refractivity contribution in [2.45, 2.75) is 0 Å². The average molecular weight is 374 g/mol. The zero-order valence-corrected chi connectivity index (χ0v) is 13.0. The molecule has 0 aliphatic heterocycles. The Morgan fingerprint density at radius 3 is 2.62 bits per heavy atom. The molecule has 0 bridgehead atoms. The summed E-state index contributed by atoms with van der Waals surface area (Å²) < 4.78 is 0. The molecule has 0 fully saturated rings. The first-order valence-electron chi connectivity index (χ1n) is 4.13. The number of halogens is 2. The smallest absolute Gasteiger partial charge is 0.228 e. The molecule has 0 amide bonds. The molecule has 0 atom stereocenters. The molecule has 2 N–H and O–H groups in total. The predicted octanol–water partition coefficient (Wildman–Crippen LogP) is 2.12. The van der Waals surface area contributed by atoms with E-state index in [1.165, 1.54) is 11.8 Å². The number of rotatable bonds is 2. The summed E-state index contributed by atoms with van der Waals surface area (Å²) in [6, 6.07) is 1.57. The number of nitrogens with two attached hydrogens (primary N) is 1. The number of hydrogen-bond acceptors (Lipinski definition) is 5. The largest absolute Gasteiger partial charge is 0.378 e. The van der Waals surface area contributed by atoms with Crippen LogP contribution in [0, 0.1) is 0 Å². The lowest BCUT2D eigenvalue weighted by Gasteiger charge is -2.10. The van der Waals surface area contributed by atoms with Gasteiger partial charge in [-0.1, -0.05) is 23.4 Å². The number of hydrogen-bond donors (Lipinski definition) is 1. The van der Waals surface area contributed by atoms with Crippen LogP contribution in [0.25, 0.3) is 0 Å². The second-order valence-electron chi connectivity index (χ2n) is 2.90. The van der Waals surface area contributed by atoms with Crippen LogP contribution >= 0.6 is 47.3 Å². The maximum absolute atomic E-state index is 5.83. The van der Waals surface area contributed by atoms with Gasteiger partial charge in [-0.3, -0.25) is 0 Å². The summed E-state index contributed by atoms with van der Waals surface area (Å²) in [5.74, 6) is 0.973. The van der Waals surface area contributed by atoms with Gasteiger partial charge in [-0.05, 0) is 6.26 Å². The van der Waals surface area contributed by atoms with Gasteiger partial charge in [0.25, 0.3) is 0 Å². The van der Waals surface area contributed by atoms with Gasteiger partial charge in [0.2, 0.25) is 5.95 Å². The van der Waals surface area contributed by atoms with Crippen molar-refractivity contribution in [3.63, 3.8) is 0 Å². The average Bonchev–Trinajstić information content (AvgIpc) is 2.16. The van der Waals surface area contributed by atoms with Crippen LogP contribution in [0.5, 0.6) is 0 Å². The number of thioether (sulfide) groups is 1. The SMILES string of the molecule is CSC(N)=Nc1cc(Cl)nc(N(C)C)n1.I. The molecule has 8 heteroatoms. The van der Waals surface area contributed by atoms with Gasteiger partial charge in [-0.2, -0.15) is 4.98 Å². The van der Waals surface area contributed by atoms with E-state index in [2.05, 4.69) is 15.0 Å². The topological polar surface area (TPSA) is 67.4 Å². The van der Waals surface area contributed by atoms with Crippen LogP contribution in [0.1, 0.15) is 0 Å². The fourth-order valence-electron chi connectivity index (χ4n) is 0.810. The monoisotopic (exact) mass is 373 g/mol. The molecular formula is C8H13ClIN5S. The second kappa shape index (κ2) is 7.13. The van der Waals surface area contributed by atoms with E-state index in [0.29, 0.717) is 22.1 Å². The predicted molar refractivity (Wildman–Crippen MR) is 81.6 cm³/mol. The molecule has 0 spiro atoms. The quantitative estimate of drug-likeness (QED) is 0.372. The van der Waals surface area contributed by atoms with E-state index >= 15 is 0 Å². The van der Waals surface area contributed by atoms with Crippen molar-refractivity contribution in [1.29, 1.82) is 0 Å². The maximum atomic E-state index is 5.83. The molecule has 1 heterocycles. The van der Waals surface area contributed by atoms with Crippen LogP contribution in [0.4, 0.5) is 11.8 Å². The summed E-state index contributed by atoms with van der Waals surface area (Å²) in [6.07, 6.45) is 1.84. The normalized spacial score (nSPS) is 10.9. The third-order valence-electron chi connectivity index (χ3n) is 1.50. The fourth-order valence-corrected chi connectivity index (χ4v) is 1.17. The molecule has 16 heavy (non-hydrogen) atoms. The van der Waals surface area contributed by atoms with Gasteiger partial charge in [0, 0.05) is 20.2 Å². The molecule has 0 saturated heterocycles. The lowest BCUT2D eigenvalue weighted by Crippen LogP contribution is -2.12. The Morgan fingerprint density at radius 2 is 2.12 bits per heavy atom. The van der Waals surface area contributed by atoms with Crippen molar-refractivity contribution in [2.75, 3.05) is 25.3 Å². The summed E-state index contributed by atoms with van der Waals surface area (Å²) in [6.45, 7) is 0. The Kier molecular flexibility index (Phi) is 7.00. The lowest BCUT2D eigenvalue weighted by molar-refractivity contribution is 0.997. The van der Waals surface area contributed by atoms with Crippen LogP contribution in [-0.4, -0.2) is 35.5 Å². The highest BCUT2D eigenvalue weighted by Crippen LogP contribution is 2.18. The van der Waals surface area contributed by atoms with E-state index in [4.69, 9.17) is 17.3 Å². The Balaban J connectivity index is 0.00000225. The minimum absolute atomic E-state index is 0. The van der Waals surface area contributed by atoms with Crippen LogP contribution < -0.4 is 10.6 Å².